The lowest BCUT2D eigenvalue weighted by atomic mass is 10.3. The lowest BCUT2D eigenvalue weighted by Gasteiger charge is -2.09. The van der Waals surface area contributed by atoms with Gasteiger partial charge in [-0.15, -0.1) is 0 Å². The molecule has 0 heterocycles. The summed E-state index contributed by atoms with van der Waals surface area (Å²) < 4.78 is 11.7. The first kappa shape index (κ1) is 9.84. The monoisotopic (exact) mass is 255 g/mol. The first-order valence-corrected chi connectivity index (χ1v) is 5.47. The number of rotatable bonds is 4. The molecule has 2 rings (SSSR count). The summed E-state index contributed by atoms with van der Waals surface area (Å²) in [6.45, 7) is 0.797. The van der Waals surface area contributed by atoms with Crippen LogP contribution in [-0.4, -0.2) is 13.7 Å². The maximum atomic E-state index is 5.63. The van der Waals surface area contributed by atoms with Crippen LogP contribution in [0.1, 0.15) is 12.8 Å². The molecule has 1 aliphatic carbocycles. The Morgan fingerprint density at radius 1 is 1.50 bits per heavy atom. The summed E-state index contributed by atoms with van der Waals surface area (Å²) in [5.41, 5.74) is 0. The lowest BCUT2D eigenvalue weighted by Crippen LogP contribution is -2.00. The van der Waals surface area contributed by atoms with Crippen molar-refractivity contribution in [2.24, 2.45) is 5.92 Å². The van der Waals surface area contributed by atoms with E-state index in [1.165, 1.54) is 12.8 Å². The van der Waals surface area contributed by atoms with Crippen molar-refractivity contribution in [3.63, 3.8) is 0 Å². The minimum absolute atomic E-state index is 0.753. The van der Waals surface area contributed by atoms with Gasteiger partial charge in [0.05, 0.1) is 13.7 Å². The average molecular weight is 256 g/mol. The summed E-state index contributed by atoms with van der Waals surface area (Å²) in [6, 6.07) is 6.70. The van der Waals surface area contributed by atoms with Crippen LogP contribution in [0.25, 0.3) is 0 Å². The molecule has 0 spiro atoms. The molecule has 2 nitrogen and oxygen atoms in total. The summed E-state index contributed by atoms with van der Waals surface area (Å²) in [5.74, 6) is 2.29. The van der Waals surface area contributed by atoms with E-state index in [1.807, 2.05) is 12.1 Å². The van der Waals surface area contributed by atoms with E-state index in [9.17, 15) is 0 Å². The van der Waals surface area contributed by atoms with Crippen LogP contribution >= 0.6 is 15.9 Å². The highest BCUT2D eigenvalue weighted by atomic mass is 79.9. The van der Waals surface area contributed by atoms with E-state index in [2.05, 4.69) is 22.0 Å². The number of methoxy groups -OCH3 is 1. The zero-order chi connectivity index (χ0) is 9.97. The van der Waals surface area contributed by atoms with Gasteiger partial charge in [0.25, 0.3) is 0 Å². The third-order valence-corrected chi connectivity index (χ3v) is 2.69. The second kappa shape index (κ2) is 4.22. The molecule has 14 heavy (non-hydrogen) atoms. The largest absolute Gasteiger partial charge is 0.493 e. The molecule has 0 aromatic heterocycles. The molecule has 1 fully saturated rings. The standard InChI is InChI=1S/C11H12BrO2/c1-13-11-6-9(12)4-5-10(11)14-7-8-2-3-8/h5-6,8H,2-3,7H2,1H3. The van der Waals surface area contributed by atoms with Gasteiger partial charge >= 0.3 is 0 Å². The Bertz CT molecular complexity index is 321. The van der Waals surface area contributed by atoms with Crippen molar-refractivity contribution in [1.29, 1.82) is 0 Å². The van der Waals surface area contributed by atoms with Crippen LogP contribution in [0.3, 0.4) is 0 Å². The first-order valence-electron chi connectivity index (χ1n) is 4.67. The van der Waals surface area contributed by atoms with E-state index in [4.69, 9.17) is 9.47 Å². The summed E-state index contributed by atoms with van der Waals surface area (Å²) in [7, 11) is 1.64. The van der Waals surface area contributed by atoms with Crippen LogP contribution in [0.15, 0.2) is 16.6 Å². The van der Waals surface area contributed by atoms with Crippen LogP contribution < -0.4 is 9.47 Å². The van der Waals surface area contributed by atoms with Crippen molar-refractivity contribution in [3.05, 3.63) is 22.7 Å². The van der Waals surface area contributed by atoms with Gasteiger partial charge in [-0.1, -0.05) is 15.9 Å². The van der Waals surface area contributed by atoms with E-state index < -0.39 is 0 Å². The van der Waals surface area contributed by atoms with Crippen LogP contribution in [-0.2, 0) is 0 Å². The zero-order valence-electron chi connectivity index (χ0n) is 8.05. The van der Waals surface area contributed by atoms with Crippen LogP contribution in [0, 0.1) is 12.0 Å². The molecule has 1 aromatic carbocycles. The fraction of sp³-hybridized carbons (Fsp3) is 0.455. The van der Waals surface area contributed by atoms with Gasteiger partial charge in [-0.3, -0.25) is 0 Å². The maximum absolute atomic E-state index is 5.63. The summed E-state index contributed by atoms with van der Waals surface area (Å²) in [5, 5.41) is 0. The van der Waals surface area contributed by atoms with E-state index >= 15 is 0 Å². The second-order valence-electron chi connectivity index (χ2n) is 3.47. The van der Waals surface area contributed by atoms with Crippen molar-refractivity contribution in [3.8, 4) is 11.5 Å². The molecule has 0 N–H and O–H groups in total. The molecule has 0 amide bonds. The van der Waals surface area contributed by atoms with Crippen molar-refractivity contribution in [2.75, 3.05) is 13.7 Å². The number of hydrogen-bond donors (Lipinski definition) is 0. The smallest absolute Gasteiger partial charge is 0.161 e. The van der Waals surface area contributed by atoms with E-state index in [0.717, 1.165) is 28.5 Å². The number of benzene rings is 1. The Morgan fingerprint density at radius 3 is 2.93 bits per heavy atom. The predicted molar refractivity (Wildman–Crippen MR) is 57.7 cm³/mol. The maximum Gasteiger partial charge on any atom is 0.161 e. The minimum atomic E-state index is 0.753. The molecule has 0 atom stereocenters. The Kier molecular flexibility index (Phi) is 2.96. The molecule has 1 saturated carbocycles. The minimum Gasteiger partial charge on any atom is -0.493 e. The predicted octanol–water partition coefficient (Wildman–Crippen LogP) is 3.05. The Hall–Kier alpha value is -0.700. The first-order chi connectivity index (χ1) is 6.79. The molecular formula is C11H12BrO2. The summed E-state index contributed by atoms with van der Waals surface area (Å²) in [6.07, 6.45) is 2.59. The van der Waals surface area contributed by atoms with Crippen LogP contribution in [0.4, 0.5) is 0 Å². The van der Waals surface area contributed by atoms with Crippen molar-refractivity contribution < 1.29 is 9.47 Å². The Labute approximate surface area is 92.3 Å². The fourth-order valence-corrected chi connectivity index (χ4v) is 1.52. The molecule has 0 bridgehead atoms. The molecule has 0 aliphatic heterocycles. The fourth-order valence-electron chi connectivity index (χ4n) is 1.20. The third kappa shape index (κ3) is 2.41. The molecule has 1 aliphatic rings. The van der Waals surface area contributed by atoms with E-state index in [1.54, 1.807) is 7.11 Å². The zero-order valence-corrected chi connectivity index (χ0v) is 9.63. The highest BCUT2D eigenvalue weighted by Gasteiger charge is 2.22. The van der Waals surface area contributed by atoms with E-state index in [-0.39, 0.29) is 0 Å². The van der Waals surface area contributed by atoms with Gasteiger partial charge in [0.1, 0.15) is 0 Å². The van der Waals surface area contributed by atoms with E-state index in [0.29, 0.717) is 0 Å². The lowest BCUT2D eigenvalue weighted by molar-refractivity contribution is 0.280. The summed E-state index contributed by atoms with van der Waals surface area (Å²) >= 11 is 3.34. The highest BCUT2D eigenvalue weighted by molar-refractivity contribution is 9.10. The molecule has 1 aromatic rings. The molecule has 0 unspecified atom stereocenters. The van der Waals surface area contributed by atoms with Crippen molar-refractivity contribution >= 4 is 15.9 Å². The topological polar surface area (TPSA) is 18.5 Å². The molecular weight excluding hydrogens is 244 g/mol. The van der Waals surface area contributed by atoms with Crippen LogP contribution in [0.5, 0.6) is 11.5 Å². The number of hydrogen-bond acceptors (Lipinski definition) is 2. The van der Waals surface area contributed by atoms with Gasteiger partial charge in [-0.25, -0.2) is 0 Å². The van der Waals surface area contributed by atoms with Gasteiger partial charge in [0, 0.05) is 10.5 Å². The van der Waals surface area contributed by atoms with Gasteiger partial charge in [-0.05, 0) is 30.9 Å². The van der Waals surface area contributed by atoms with Gasteiger partial charge in [0.2, 0.25) is 0 Å². The number of ether oxygens (including phenoxy) is 2. The van der Waals surface area contributed by atoms with Gasteiger partial charge in [-0.2, -0.15) is 0 Å². The Morgan fingerprint density at radius 2 is 2.29 bits per heavy atom. The highest BCUT2D eigenvalue weighted by Crippen LogP contribution is 2.33. The second-order valence-corrected chi connectivity index (χ2v) is 4.32. The van der Waals surface area contributed by atoms with Gasteiger partial charge < -0.3 is 9.47 Å². The summed E-state index contributed by atoms with van der Waals surface area (Å²) in [4.78, 5) is 0. The quantitative estimate of drug-likeness (QED) is 0.824. The molecule has 0 saturated heterocycles. The SMILES string of the molecule is COc1cc(Br)[c]cc1OCC1CC1. The Balaban J connectivity index is 2.05. The average Bonchev–Trinajstić information content (AvgIpc) is 2.99. The molecule has 3 heteroatoms. The normalized spacial score (nSPS) is 15.3. The van der Waals surface area contributed by atoms with Crippen molar-refractivity contribution in [1.82, 2.24) is 0 Å². The third-order valence-electron chi connectivity index (χ3n) is 2.23. The number of halogens is 1. The van der Waals surface area contributed by atoms with Gasteiger partial charge in [0.15, 0.2) is 11.5 Å². The van der Waals surface area contributed by atoms with Crippen LogP contribution in [0.2, 0.25) is 0 Å². The van der Waals surface area contributed by atoms with Crippen molar-refractivity contribution in [2.45, 2.75) is 12.8 Å². The molecule has 75 valence electrons. The molecule has 1 radical (unpaired) electrons.